The van der Waals surface area contributed by atoms with Crippen molar-refractivity contribution in [1.29, 1.82) is 0 Å². The number of aryl methyl sites for hydroxylation is 6. The SMILES string of the molecule is Cc1cc(C)c(B(c2cc(C#C[Si](C)(C)C)c(P(=O)(c3ccccc3)c3ccccc3)cc2C#C[Si](C)(C)C)c2c(C)cc(C)cc2C)c(C)c1. The highest BCUT2D eigenvalue weighted by atomic mass is 31.2. The van der Waals surface area contributed by atoms with Gasteiger partial charge in [0, 0.05) is 27.0 Å². The van der Waals surface area contributed by atoms with E-state index in [1.54, 1.807) is 0 Å². The van der Waals surface area contributed by atoms with Crippen molar-refractivity contribution in [2.75, 3.05) is 0 Å². The monoisotopic (exact) mass is 718 g/mol. The standard InChI is InChI=1S/C46H52BOPSi2/c1-33-27-35(3)45(36(4)28-33)47(46-37(5)29-34(2)30-38(46)6)43-31-40(24-26-51(10,11)12)44(32-39(43)23-25-50(7,8)9)49(48,41-19-15-13-16-20-41)42-21-17-14-18-22-42/h13-22,27-32H,1-12H3. The number of benzene rings is 5. The van der Waals surface area contributed by atoms with Gasteiger partial charge >= 0.3 is 0 Å². The molecule has 258 valence electrons. The third-order valence-corrected chi connectivity index (χ3v) is 14.1. The van der Waals surface area contributed by atoms with E-state index in [0.29, 0.717) is 0 Å². The van der Waals surface area contributed by atoms with Gasteiger partial charge in [0.15, 0.2) is 7.14 Å². The summed E-state index contributed by atoms with van der Waals surface area (Å²) >= 11 is 0. The minimum atomic E-state index is -3.38. The lowest BCUT2D eigenvalue weighted by atomic mass is 9.33. The number of rotatable bonds is 6. The average molecular weight is 719 g/mol. The van der Waals surface area contributed by atoms with Gasteiger partial charge in [-0.1, -0.05) is 186 Å². The zero-order valence-corrected chi connectivity index (χ0v) is 35.6. The fourth-order valence-corrected chi connectivity index (χ4v) is 11.1. The summed E-state index contributed by atoms with van der Waals surface area (Å²) in [5.41, 5.74) is 20.5. The highest BCUT2D eigenvalue weighted by molar-refractivity contribution is 7.85. The first kappa shape index (κ1) is 38.2. The van der Waals surface area contributed by atoms with E-state index in [4.69, 9.17) is 0 Å². The molecule has 0 amide bonds. The fraction of sp³-hybridized carbons (Fsp3) is 0.261. The Morgan fingerprint density at radius 1 is 0.510 bits per heavy atom. The predicted molar refractivity (Wildman–Crippen MR) is 232 cm³/mol. The van der Waals surface area contributed by atoms with Gasteiger partial charge in [-0.15, -0.1) is 11.1 Å². The highest BCUT2D eigenvalue weighted by Crippen LogP contribution is 2.43. The molecular weight excluding hydrogens is 666 g/mol. The van der Waals surface area contributed by atoms with Crippen LogP contribution in [0.4, 0.5) is 0 Å². The van der Waals surface area contributed by atoms with Crippen molar-refractivity contribution in [2.24, 2.45) is 0 Å². The molecule has 0 aliphatic rings. The van der Waals surface area contributed by atoms with Crippen LogP contribution in [0.2, 0.25) is 39.3 Å². The molecule has 0 fully saturated rings. The van der Waals surface area contributed by atoms with Gasteiger partial charge in [-0.3, -0.25) is 0 Å². The van der Waals surface area contributed by atoms with Crippen molar-refractivity contribution in [3.63, 3.8) is 0 Å². The van der Waals surface area contributed by atoms with Crippen LogP contribution in [0.3, 0.4) is 0 Å². The molecule has 0 bridgehead atoms. The van der Waals surface area contributed by atoms with Crippen molar-refractivity contribution in [2.45, 2.75) is 80.8 Å². The molecule has 5 aromatic rings. The van der Waals surface area contributed by atoms with E-state index < -0.39 is 23.3 Å². The van der Waals surface area contributed by atoms with Crippen LogP contribution in [0.25, 0.3) is 0 Å². The third kappa shape index (κ3) is 8.54. The van der Waals surface area contributed by atoms with Gasteiger partial charge in [0.25, 0.3) is 0 Å². The van der Waals surface area contributed by atoms with Crippen molar-refractivity contribution in [3.8, 4) is 22.9 Å². The Kier molecular flexibility index (Phi) is 11.2. The summed E-state index contributed by atoms with van der Waals surface area (Å²) in [6, 6.07) is 33.6. The normalized spacial score (nSPS) is 11.7. The van der Waals surface area contributed by atoms with Crippen LogP contribution >= 0.6 is 7.14 Å². The first-order chi connectivity index (χ1) is 23.9. The van der Waals surface area contributed by atoms with Crippen LogP contribution in [-0.4, -0.2) is 22.9 Å². The topological polar surface area (TPSA) is 17.1 Å². The summed E-state index contributed by atoms with van der Waals surface area (Å²) in [7, 11) is -7.02. The fourth-order valence-electron chi connectivity index (χ4n) is 7.27. The van der Waals surface area contributed by atoms with Crippen molar-refractivity contribution in [3.05, 3.63) is 142 Å². The lowest BCUT2D eigenvalue weighted by molar-refractivity contribution is 0.592. The van der Waals surface area contributed by atoms with E-state index in [-0.39, 0.29) is 6.71 Å². The Hall–Kier alpha value is -4.05. The first-order valence-corrected chi connectivity index (χ1v) is 26.7. The van der Waals surface area contributed by atoms with Gasteiger partial charge in [0.2, 0.25) is 6.71 Å². The smallest absolute Gasteiger partial charge is 0.244 e. The van der Waals surface area contributed by atoms with Crippen molar-refractivity contribution < 1.29 is 4.57 Å². The number of hydrogen-bond donors (Lipinski definition) is 0. The predicted octanol–water partition coefficient (Wildman–Crippen LogP) is 8.15. The second-order valence-corrected chi connectivity index (χ2v) is 28.5. The van der Waals surface area contributed by atoms with E-state index in [9.17, 15) is 0 Å². The van der Waals surface area contributed by atoms with E-state index in [1.807, 2.05) is 60.7 Å². The lowest BCUT2D eigenvalue weighted by Gasteiger charge is -2.28. The molecular formula is C46H52BOPSi2. The molecule has 5 aromatic carbocycles. The Labute approximate surface area is 310 Å². The quantitative estimate of drug-likeness (QED) is 0.0985. The van der Waals surface area contributed by atoms with Crippen LogP contribution in [-0.2, 0) is 4.57 Å². The maximum atomic E-state index is 16.1. The maximum Gasteiger partial charge on any atom is 0.244 e. The zero-order chi connectivity index (χ0) is 37.3. The molecule has 51 heavy (non-hydrogen) atoms. The molecule has 0 spiro atoms. The molecule has 0 aliphatic carbocycles. The van der Waals surface area contributed by atoms with Gasteiger partial charge in [-0.25, -0.2) is 0 Å². The van der Waals surface area contributed by atoms with Crippen molar-refractivity contribution in [1.82, 2.24) is 0 Å². The van der Waals surface area contributed by atoms with Crippen LogP contribution in [0.5, 0.6) is 0 Å². The van der Waals surface area contributed by atoms with Crippen LogP contribution < -0.4 is 32.3 Å². The summed E-state index contributed by atoms with van der Waals surface area (Å²) in [6.07, 6.45) is 0. The molecule has 0 saturated heterocycles. The van der Waals surface area contributed by atoms with E-state index in [2.05, 4.69) is 140 Å². The average Bonchev–Trinajstić information content (AvgIpc) is 3.04. The summed E-state index contributed by atoms with van der Waals surface area (Å²) in [6.45, 7) is 26.9. The first-order valence-electron chi connectivity index (χ1n) is 18.0. The summed E-state index contributed by atoms with van der Waals surface area (Å²) in [4.78, 5) is 0. The second-order valence-electron chi connectivity index (χ2n) is 16.3. The minimum Gasteiger partial charge on any atom is -0.309 e. The van der Waals surface area contributed by atoms with Gasteiger partial charge < -0.3 is 4.57 Å². The lowest BCUT2D eigenvalue weighted by Crippen LogP contribution is -2.57. The molecule has 0 heterocycles. The summed E-state index contributed by atoms with van der Waals surface area (Å²) < 4.78 is 16.1. The minimum absolute atomic E-state index is 0.0912. The van der Waals surface area contributed by atoms with Crippen LogP contribution in [0, 0.1) is 64.5 Å². The van der Waals surface area contributed by atoms with E-state index in [0.717, 1.165) is 32.5 Å². The molecule has 5 rings (SSSR count). The zero-order valence-electron chi connectivity index (χ0n) is 32.7. The maximum absolute atomic E-state index is 16.1. The summed E-state index contributed by atoms with van der Waals surface area (Å²) in [5.74, 6) is 7.41. The Bertz CT molecular complexity index is 2120. The molecule has 0 N–H and O–H groups in total. The molecule has 0 radical (unpaired) electrons. The number of hydrogen-bond acceptors (Lipinski definition) is 1. The molecule has 1 nitrogen and oxygen atoms in total. The summed E-state index contributed by atoms with van der Waals surface area (Å²) in [5, 5.41) is 2.37. The van der Waals surface area contributed by atoms with Gasteiger partial charge in [0.05, 0.1) is 0 Å². The Morgan fingerprint density at radius 3 is 1.25 bits per heavy atom. The molecule has 5 heteroatoms. The Morgan fingerprint density at radius 2 is 0.882 bits per heavy atom. The molecule has 0 unspecified atom stereocenters. The largest absolute Gasteiger partial charge is 0.309 e. The van der Waals surface area contributed by atoms with Crippen LogP contribution in [0.15, 0.2) is 97.1 Å². The molecule has 0 atom stereocenters. The van der Waals surface area contributed by atoms with E-state index in [1.165, 1.54) is 44.3 Å². The third-order valence-electron chi connectivity index (χ3n) is 9.26. The van der Waals surface area contributed by atoms with Crippen LogP contribution in [0.1, 0.15) is 44.5 Å². The highest BCUT2D eigenvalue weighted by Gasteiger charge is 2.36. The van der Waals surface area contributed by atoms with Gasteiger partial charge in [0.1, 0.15) is 16.1 Å². The second kappa shape index (κ2) is 14.9. The molecule has 0 aliphatic heterocycles. The van der Waals surface area contributed by atoms with E-state index >= 15 is 4.57 Å². The molecule has 0 saturated carbocycles. The van der Waals surface area contributed by atoms with Gasteiger partial charge in [-0.05, 0) is 53.7 Å². The molecule has 0 aromatic heterocycles. The van der Waals surface area contributed by atoms with Gasteiger partial charge in [-0.2, -0.15) is 0 Å². The Balaban J connectivity index is 2.03. The van der Waals surface area contributed by atoms with Crippen molar-refractivity contribution >= 4 is 62.3 Å².